The molecule has 0 aliphatic rings. The summed E-state index contributed by atoms with van der Waals surface area (Å²) in [6.45, 7) is -0.568. The minimum atomic E-state index is -1.13. The zero-order valence-electron chi connectivity index (χ0n) is 10.6. The maximum Gasteiger partial charge on any atom is 0.330 e. The molecule has 0 saturated carbocycles. The number of esters is 1. The van der Waals surface area contributed by atoms with E-state index in [1.54, 1.807) is 6.07 Å². The van der Waals surface area contributed by atoms with Crippen LogP contribution in [0.4, 0.5) is 0 Å². The number of ether oxygens (including phenoxy) is 1. The second-order valence-electron chi connectivity index (χ2n) is 4.07. The van der Waals surface area contributed by atoms with Crippen molar-refractivity contribution in [1.82, 2.24) is 15.3 Å². The summed E-state index contributed by atoms with van der Waals surface area (Å²) in [6, 6.07) is 3.39. The summed E-state index contributed by atoms with van der Waals surface area (Å²) in [5.74, 6) is -1.30. The van der Waals surface area contributed by atoms with Crippen molar-refractivity contribution in [3.8, 4) is 0 Å². The highest BCUT2D eigenvalue weighted by Gasteiger charge is 2.21. The van der Waals surface area contributed by atoms with Crippen LogP contribution >= 0.6 is 0 Å². The molecule has 0 spiro atoms. The Balaban J connectivity index is 2.22. The van der Waals surface area contributed by atoms with Gasteiger partial charge in [-0.3, -0.25) is 4.79 Å². The van der Waals surface area contributed by atoms with Crippen LogP contribution in [0.2, 0.25) is 0 Å². The maximum atomic E-state index is 12.0. The van der Waals surface area contributed by atoms with Crippen molar-refractivity contribution in [3.63, 3.8) is 0 Å². The average molecular weight is 279 g/mol. The van der Waals surface area contributed by atoms with E-state index in [-0.39, 0.29) is 11.3 Å². The molecule has 2 rings (SSSR count). The number of aliphatic hydroxyl groups is 1. The summed E-state index contributed by atoms with van der Waals surface area (Å²) in [7, 11) is 1.16. The van der Waals surface area contributed by atoms with E-state index in [1.165, 1.54) is 12.1 Å². The fourth-order valence-corrected chi connectivity index (χ4v) is 1.74. The van der Waals surface area contributed by atoms with Gasteiger partial charge in [0.15, 0.2) is 6.04 Å². The summed E-state index contributed by atoms with van der Waals surface area (Å²) < 4.78 is 4.45. The number of aromatic nitrogens is 2. The number of aromatic amines is 2. The quantitative estimate of drug-likeness (QED) is 0.541. The van der Waals surface area contributed by atoms with Crippen LogP contribution in [0, 0.1) is 0 Å². The Hall–Kier alpha value is -2.61. The molecule has 8 nitrogen and oxygen atoms in total. The van der Waals surface area contributed by atoms with E-state index in [0.29, 0.717) is 11.0 Å². The van der Waals surface area contributed by atoms with Crippen LogP contribution < -0.4 is 11.0 Å². The molecule has 1 unspecified atom stereocenters. The highest BCUT2D eigenvalue weighted by molar-refractivity contribution is 5.99. The first-order valence-electron chi connectivity index (χ1n) is 5.76. The molecule has 20 heavy (non-hydrogen) atoms. The number of carbonyl (C=O) groups is 2. The Kier molecular flexibility index (Phi) is 3.85. The fraction of sp³-hybridized carbons (Fsp3) is 0.250. The molecule has 0 bridgehead atoms. The minimum absolute atomic E-state index is 0.245. The van der Waals surface area contributed by atoms with Gasteiger partial charge in [0.2, 0.25) is 0 Å². The van der Waals surface area contributed by atoms with Gasteiger partial charge in [-0.1, -0.05) is 0 Å². The number of imidazole rings is 1. The normalized spacial score (nSPS) is 12.1. The molecule has 0 aliphatic heterocycles. The molecular formula is C12H13N3O5. The first-order chi connectivity index (χ1) is 9.55. The number of aliphatic hydroxyl groups excluding tert-OH is 1. The number of H-pyrrole nitrogens is 2. The van der Waals surface area contributed by atoms with Gasteiger partial charge in [0.25, 0.3) is 5.91 Å². The summed E-state index contributed by atoms with van der Waals surface area (Å²) >= 11 is 0. The van der Waals surface area contributed by atoms with Crippen molar-refractivity contribution < 1.29 is 19.4 Å². The van der Waals surface area contributed by atoms with Crippen LogP contribution in [0.3, 0.4) is 0 Å². The first kappa shape index (κ1) is 13.8. The third-order valence-electron chi connectivity index (χ3n) is 2.75. The van der Waals surface area contributed by atoms with Crippen molar-refractivity contribution in [2.75, 3.05) is 13.7 Å². The van der Waals surface area contributed by atoms with Gasteiger partial charge in [-0.25, -0.2) is 9.59 Å². The van der Waals surface area contributed by atoms with E-state index in [4.69, 9.17) is 5.11 Å². The van der Waals surface area contributed by atoms with Gasteiger partial charge < -0.3 is 25.1 Å². The lowest BCUT2D eigenvalue weighted by Crippen LogP contribution is -2.44. The predicted molar refractivity (Wildman–Crippen MR) is 69.3 cm³/mol. The summed E-state index contributed by atoms with van der Waals surface area (Å²) in [4.78, 5) is 39.4. The summed E-state index contributed by atoms with van der Waals surface area (Å²) in [6.07, 6.45) is 0. The van der Waals surface area contributed by atoms with Gasteiger partial charge in [0.05, 0.1) is 24.8 Å². The van der Waals surface area contributed by atoms with Crippen molar-refractivity contribution >= 4 is 22.9 Å². The van der Waals surface area contributed by atoms with Gasteiger partial charge in [-0.05, 0) is 18.2 Å². The smallest absolute Gasteiger partial charge is 0.330 e. The van der Waals surface area contributed by atoms with E-state index >= 15 is 0 Å². The SMILES string of the molecule is COC(=O)C(CO)NC(=O)c1ccc2[nH]c(=O)[nH]c2c1. The highest BCUT2D eigenvalue weighted by Crippen LogP contribution is 2.10. The molecule has 106 valence electrons. The van der Waals surface area contributed by atoms with E-state index in [2.05, 4.69) is 20.0 Å². The highest BCUT2D eigenvalue weighted by atomic mass is 16.5. The van der Waals surface area contributed by atoms with E-state index in [0.717, 1.165) is 7.11 Å². The van der Waals surface area contributed by atoms with Crippen LogP contribution in [0.5, 0.6) is 0 Å². The van der Waals surface area contributed by atoms with Crippen molar-refractivity contribution in [2.24, 2.45) is 0 Å². The second kappa shape index (κ2) is 5.57. The van der Waals surface area contributed by atoms with E-state index in [1.807, 2.05) is 0 Å². The molecule has 8 heteroatoms. The zero-order chi connectivity index (χ0) is 14.7. The molecule has 1 aromatic carbocycles. The van der Waals surface area contributed by atoms with Crippen molar-refractivity contribution in [3.05, 3.63) is 34.2 Å². The molecule has 1 amide bonds. The van der Waals surface area contributed by atoms with Crippen LogP contribution in [0.15, 0.2) is 23.0 Å². The van der Waals surface area contributed by atoms with Gasteiger partial charge in [0.1, 0.15) is 0 Å². The van der Waals surface area contributed by atoms with Gasteiger partial charge in [-0.2, -0.15) is 0 Å². The molecular weight excluding hydrogens is 266 g/mol. The number of benzene rings is 1. The van der Waals surface area contributed by atoms with Crippen LogP contribution in [0.1, 0.15) is 10.4 Å². The Bertz CT molecular complexity index is 702. The number of methoxy groups -OCH3 is 1. The Morgan fingerprint density at radius 1 is 1.35 bits per heavy atom. The van der Waals surface area contributed by atoms with Crippen molar-refractivity contribution in [2.45, 2.75) is 6.04 Å². The molecule has 4 N–H and O–H groups in total. The van der Waals surface area contributed by atoms with Crippen LogP contribution in [-0.4, -0.2) is 46.7 Å². The standard InChI is InChI=1S/C12H13N3O5/c1-20-11(18)9(5-16)13-10(17)6-2-3-7-8(4-6)15-12(19)14-7/h2-4,9,16H,5H2,1H3,(H,13,17)(H2,14,15,19). The molecule has 0 saturated heterocycles. The van der Waals surface area contributed by atoms with Crippen LogP contribution in [-0.2, 0) is 9.53 Å². The zero-order valence-corrected chi connectivity index (χ0v) is 10.6. The van der Waals surface area contributed by atoms with Crippen LogP contribution in [0.25, 0.3) is 11.0 Å². The number of rotatable bonds is 4. The Morgan fingerprint density at radius 2 is 2.05 bits per heavy atom. The molecule has 2 aromatic rings. The summed E-state index contributed by atoms with van der Waals surface area (Å²) in [5, 5.41) is 11.4. The van der Waals surface area contributed by atoms with E-state index in [9.17, 15) is 14.4 Å². The van der Waals surface area contributed by atoms with Gasteiger partial charge in [0, 0.05) is 5.56 Å². The van der Waals surface area contributed by atoms with Crippen molar-refractivity contribution in [1.29, 1.82) is 0 Å². The number of fused-ring (bicyclic) bond motifs is 1. The maximum absolute atomic E-state index is 12.0. The number of hydrogen-bond acceptors (Lipinski definition) is 5. The van der Waals surface area contributed by atoms with Gasteiger partial charge >= 0.3 is 11.7 Å². The largest absolute Gasteiger partial charge is 0.467 e. The van der Waals surface area contributed by atoms with Gasteiger partial charge in [-0.15, -0.1) is 0 Å². The summed E-state index contributed by atoms with van der Waals surface area (Å²) in [5.41, 5.74) is 0.912. The molecule has 1 atom stereocenters. The molecule has 1 aromatic heterocycles. The number of amides is 1. The lowest BCUT2D eigenvalue weighted by Gasteiger charge is -2.13. The third kappa shape index (κ3) is 2.69. The fourth-order valence-electron chi connectivity index (χ4n) is 1.74. The number of hydrogen-bond donors (Lipinski definition) is 4. The molecule has 0 fully saturated rings. The second-order valence-corrected chi connectivity index (χ2v) is 4.07. The Labute approximate surface area is 112 Å². The third-order valence-corrected chi connectivity index (χ3v) is 2.75. The molecule has 0 radical (unpaired) electrons. The molecule has 1 heterocycles. The molecule has 0 aliphatic carbocycles. The number of carbonyl (C=O) groups excluding carboxylic acids is 2. The van der Waals surface area contributed by atoms with E-state index < -0.39 is 24.5 Å². The first-order valence-corrected chi connectivity index (χ1v) is 5.76. The minimum Gasteiger partial charge on any atom is -0.467 e. The monoisotopic (exact) mass is 279 g/mol. The lowest BCUT2D eigenvalue weighted by molar-refractivity contribution is -0.143. The lowest BCUT2D eigenvalue weighted by atomic mass is 10.1. The average Bonchev–Trinajstić information content (AvgIpc) is 2.82. The predicted octanol–water partition coefficient (Wildman–Crippen LogP) is -0.880. The topological polar surface area (TPSA) is 124 Å². The Morgan fingerprint density at radius 3 is 2.70 bits per heavy atom. The number of nitrogens with one attached hydrogen (secondary N) is 3.